The van der Waals surface area contributed by atoms with Gasteiger partial charge >= 0.3 is 0 Å². The Kier molecular flexibility index (Phi) is 6.25. The van der Waals surface area contributed by atoms with E-state index >= 15 is 0 Å². The number of fused-ring (bicyclic) bond motifs is 1. The third kappa shape index (κ3) is 4.42. The molecule has 0 aliphatic carbocycles. The molecular formula is C26H31N7O4. The van der Waals surface area contributed by atoms with Crippen LogP contribution < -0.4 is 15.5 Å². The SMILES string of the molecule is O=C1CCC(N2C(=O)c3cccc(CN4CCCC(c5cc(N6CCNCC6)n[nH]5)C4)c3C2=O)C(=O)N1. The predicted molar refractivity (Wildman–Crippen MR) is 134 cm³/mol. The van der Waals surface area contributed by atoms with Gasteiger partial charge in [0.15, 0.2) is 5.82 Å². The second-order valence-electron chi connectivity index (χ2n) is 10.3. The van der Waals surface area contributed by atoms with Gasteiger partial charge < -0.3 is 10.2 Å². The lowest BCUT2D eigenvalue weighted by molar-refractivity contribution is -0.136. The molecule has 5 heterocycles. The van der Waals surface area contributed by atoms with Gasteiger partial charge in [0.1, 0.15) is 6.04 Å². The van der Waals surface area contributed by atoms with Crippen LogP contribution in [0.5, 0.6) is 0 Å². The van der Waals surface area contributed by atoms with Crippen LogP contribution in [0.15, 0.2) is 24.3 Å². The van der Waals surface area contributed by atoms with Crippen molar-refractivity contribution >= 4 is 29.4 Å². The fraction of sp³-hybridized carbons (Fsp3) is 0.500. The van der Waals surface area contributed by atoms with Gasteiger partial charge in [-0.1, -0.05) is 12.1 Å². The number of amides is 4. The highest BCUT2D eigenvalue weighted by molar-refractivity contribution is 6.24. The van der Waals surface area contributed by atoms with Crippen molar-refractivity contribution in [3.8, 4) is 0 Å². The first-order chi connectivity index (χ1) is 18.0. The average molecular weight is 506 g/mol. The van der Waals surface area contributed by atoms with Gasteiger partial charge in [-0.3, -0.25) is 39.4 Å². The largest absolute Gasteiger partial charge is 0.353 e. The number of imide groups is 2. The van der Waals surface area contributed by atoms with E-state index in [0.717, 1.165) is 74.1 Å². The fourth-order valence-electron chi connectivity index (χ4n) is 6.00. The number of carbonyl (C=O) groups excluding carboxylic acids is 4. The number of benzene rings is 1. The van der Waals surface area contributed by atoms with Crippen molar-refractivity contribution in [2.45, 2.75) is 44.2 Å². The summed E-state index contributed by atoms with van der Waals surface area (Å²) in [5.41, 5.74) is 2.63. The average Bonchev–Trinajstić information content (AvgIpc) is 3.50. The molecule has 2 unspecified atom stereocenters. The van der Waals surface area contributed by atoms with E-state index in [1.165, 1.54) is 0 Å². The lowest BCUT2D eigenvalue weighted by Gasteiger charge is -2.32. The quantitative estimate of drug-likeness (QED) is 0.504. The number of hydrogen-bond acceptors (Lipinski definition) is 8. The summed E-state index contributed by atoms with van der Waals surface area (Å²) in [6, 6.07) is 6.54. The van der Waals surface area contributed by atoms with E-state index in [1.54, 1.807) is 12.1 Å². The van der Waals surface area contributed by atoms with Crippen LogP contribution in [0, 0.1) is 0 Å². The zero-order chi connectivity index (χ0) is 25.5. The summed E-state index contributed by atoms with van der Waals surface area (Å²) in [4.78, 5) is 56.2. The molecule has 2 aromatic rings. The zero-order valence-corrected chi connectivity index (χ0v) is 20.7. The summed E-state index contributed by atoms with van der Waals surface area (Å²) in [5.74, 6) is -0.584. The Morgan fingerprint density at radius 2 is 1.84 bits per heavy atom. The topological polar surface area (TPSA) is 131 Å². The minimum Gasteiger partial charge on any atom is -0.353 e. The number of H-pyrrole nitrogens is 1. The maximum atomic E-state index is 13.4. The van der Waals surface area contributed by atoms with E-state index in [9.17, 15) is 19.2 Å². The Labute approximate surface area is 214 Å². The van der Waals surface area contributed by atoms with E-state index < -0.39 is 23.8 Å². The molecule has 194 valence electrons. The van der Waals surface area contributed by atoms with Crippen LogP contribution in [0.4, 0.5) is 5.82 Å². The van der Waals surface area contributed by atoms with Gasteiger partial charge in [0.05, 0.1) is 11.1 Å². The van der Waals surface area contributed by atoms with E-state index in [4.69, 9.17) is 0 Å². The van der Waals surface area contributed by atoms with Gasteiger partial charge in [0.2, 0.25) is 11.8 Å². The van der Waals surface area contributed by atoms with Crippen LogP contribution in [0.1, 0.15) is 63.6 Å². The molecular weight excluding hydrogens is 474 g/mol. The first-order valence-electron chi connectivity index (χ1n) is 13.1. The summed E-state index contributed by atoms with van der Waals surface area (Å²) in [6.45, 7) is 6.09. The van der Waals surface area contributed by atoms with Crippen LogP contribution in [-0.4, -0.2) is 88.9 Å². The number of rotatable bonds is 5. The maximum absolute atomic E-state index is 13.4. The highest BCUT2D eigenvalue weighted by Gasteiger charge is 2.45. The van der Waals surface area contributed by atoms with Crippen molar-refractivity contribution in [3.63, 3.8) is 0 Å². The number of nitrogens with one attached hydrogen (secondary N) is 3. The first kappa shape index (κ1) is 23.8. The van der Waals surface area contributed by atoms with Gasteiger partial charge in [-0.2, -0.15) is 5.10 Å². The van der Waals surface area contributed by atoms with Crippen LogP contribution in [0.25, 0.3) is 0 Å². The molecule has 4 aliphatic heterocycles. The number of likely N-dealkylation sites (tertiary alicyclic amines) is 1. The first-order valence-corrected chi connectivity index (χ1v) is 13.1. The summed E-state index contributed by atoms with van der Waals surface area (Å²) in [5, 5.41) is 13.4. The molecule has 3 saturated heterocycles. The highest BCUT2D eigenvalue weighted by atomic mass is 16.2. The molecule has 4 amide bonds. The molecule has 0 saturated carbocycles. The number of nitrogens with zero attached hydrogens (tertiary/aromatic N) is 4. The summed E-state index contributed by atoms with van der Waals surface area (Å²) in [7, 11) is 0. The van der Waals surface area contributed by atoms with Crippen LogP contribution in [0.2, 0.25) is 0 Å². The van der Waals surface area contributed by atoms with Crippen molar-refractivity contribution in [1.29, 1.82) is 0 Å². The molecule has 4 aliphatic rings. The molecule has 11 heteroatoms. The summed E-state index contributed by atoms with van der Waals surface area (Å²) >= 11 is 0. The Morgan fingerprint density at radius 1 is 1.00 bits per heavy atom. The molecule has 11 nitrogen and oxygen atoms in total. The normalized spacial score (nSPS) is 25.0. The number of aromatic nitrogens is 2. The number of piperidine rings is 2. The van der Waals surface area contributed by atoms with Crippen molar-refractivity contribution in [3.05, 3.63) is 46.6 Å². The molecule has 1 aromatic heterocycles. The third-order valence-electron chi connectivity index (χ3n) is 7.92. The van der Waals surface area contributed by atoms with Crippen molar-refractivity contribution in [1.82, 2.24) is 30.6 Å². The second kappa shape index (κ2) is 9.71. The van der Waals surface area contributed by atoms with E-state index in [0.29, 0.717) is 23.6 Å². The molecule has 2 atom stereocenters. The molecule has 0 radical (unpaired) electrons. The van der Waals surface area contributed by atoms with Gasteiger partial charge in [-0.25, -0.2) is 0 Å². The Bertz CT molecular complexity index is 1250. The monoisotopic (exact) mass is 505 g/mol. The van der Waals surface area contributed by atoms with E-state index in [-0.39, 0.29) is 18.7 Å². The van der Waals surface area contributed by atoms with Gasteiger partial charge in [-0.15, -0.1) is 0 Å². The predicted octanol–water partition coefficient (Wildman–Crippen LogP) is 0.600. The third-order valence-corrected chi connectivity index (χ3v) is 7.92. The smallest absolute Gasteiger partial charge is 0.262 e. The minimum absolute atomic E-state index is 0.107. The van der Waals surface area contributed by atoms with E-state index in [2.05, 4.69) is 36.7 Å². The van der Waals surface area contributed by atoms with Crippen molar-refractivity contribution < 1.29 is 19.2 Å². The lowest BCUT2D eigenvalue weighted by Crippen LogP contribution is -2.54. The van der Waals surface area contributed by atoms with Crippen molar-refractivity contribution in [2.75, 3.05) is 44.2 Å². The summed E-state index contributed by atoms with van der Waals surface area (Å²) in [6.07, 6.45) is 2.35. The van der Waals surface area contributed by atoms with Crippen molar-refractivity contribution in [2.24, 2.45) is 0 Å². The van der Waals surface area contributed by atoms with Gasteiger partial charge in [0.25, 0.3) is 11.8 Å². The van der Waals surface area contributed by atoms with Gasteiger partial charge in [0, 0.05) is 63.4 Å². The second-order valence-corrected chi connectivity index (χ2v) is 10.3. The summed E-state index contributed by atoms with van der Waals surface area (Å²) < 4.78 is 0. The molecule has 0 bridgehead atoms. The highest BCUT2D eigenvalue weighted by Crippen LogP contribution is 2.33. The Balaban J connectivity index is 1.17. The molecule has 37 heavy (non-hydrogen) atoms. The van der Waals surface area contributed by atoms with Crippen LogP contribution >= 0.6 is 0 Å². The standard InChI is InChI=1S/C26H31N7O4/c34-22-7-6-20(24(35)28-22)33-25(36)18-5-1-3-17(23(18)26(33)37)15-31-10-2-4-16(14-31)19-13-21(30-29-19)32-11-8-27-9-12-32/h1,3,5,13,16,20,27H,2,4,6-12,14-15H2,(H,29,30)(H,28,34,35). The van der Waals surface area contributed by atoms with Crippen LogP contribution in [0.3, 0.4) is 0 Å². The molecule has 1 aromatic carbocycles. The molecule has 3 fully saturated rings. The molecule has 0 spiro atoms. The number of piperazine rings is 1. The van der Waals surface area contributed by atoms with Gasteiger partial charge in [-0.05, 0) is 37.4 Å². The maximum Gasteiger partial charge on any atom is 0.262 e. The number of aromatic amines is 1. The number of hydrogen-bond donors (Lipinski definition) is 3. The Hall–Kier alpha value is -3.57. The molecule has 3 N–H and O–H groups in total. The zero-order valence-electron chi connectivity index (χ0n) is 20.7. The number of carbonyl (C=O) groups is 4. The van der Waals surface area contributed by atoms with E-state index in [1.807, 2.05) is 6.07 Å². The van der Waals surface area contributed by atoms with Crippen LogP contribution in [-0.2, 0) is 16.1 Å². The molecule has 6 rings (SSSR count). The Morgan fingerprint density at radius 3 is 2.65 bits per heavy atom. The number of anilines is 1. The fourth-order valence-corrected chi connectivity index (χ4v) is 6.00. The minimum atomic E-state index is -0.956. The lowest BCUT2D eigenvalue weighted by atomic mass is 9.93.